The summed E-state index contributed by atoms with van der Waals surface area (Å²) in [4.78, 5) is 12.7. The number of aliphatic imine (C=N–C) groups is 1. The van der Waals surface area contributed by atoms with Crippen LogP contribution < -0.4 is 21.1 Å². The second-order valence-electron chi connectivity index (χ2n) is 5.28. The molecule has 3 aromatic rings. The molecule has 0 saturated heterocycles. The molecule has 0 saturated carbocycles. The van der Waals surface area contributed by atoms with Gasteiger partial charge in [-0.3, -0.25) is 9.67 Å². The third-order valence-electron chi connectivity index (χ3n) is 3.56. The standard InChI is InChI=1S/C16H20N8O/c1-24-15-13(9-22-24)14(20-10-21-15)18-6-7-19-16(17)23-11-4-3-5-12(8-11)25-2/h3-5,8-10H,6-7H2,1-2H3,(H3,17,19,23)(H,18,20,21). The van der Waals surface area contributed by atoms with Crippen LogP contribution in [0.25, 0.3) is 11.0 Å². The lowest BCUT2D eigenvalue weighted by molar-refractivity contribution is 0.415. The maximum atomic E-state index is 5.90. The lowest BCUT2D eigenvalue weighted by atomic mass is 10.3. The van der Waals surface area contributed by atoms with Gasteiger partial charge >= 0.3 is 0 Å². The normalized spacial score (nSPS) is 11.5. The molecular formula is C16H20N8O. The van der Waals surface area contributed by atoms with Crippen molar-refractivity contribution in [2.45, 2.75) is 0 Å². The predicted octanol–water partition coefficient (Wildman–Crippen LogP) is 1.21. The monoisotopic (exact) mass is 340 g/mol. The summed E-state index contributed by atoms with van der Waals surface area (Å²) in [5.41, 5.74) is 7.50. The zero-order valence-corrected chi connectivity index (χ0v) is 14.1. The fourth-order valence-electron chi connectivity index (χ4n) is 2.34. The second-order valence-corrected chi connectivity index (χ2v) is 5.28. The molecule has 0 radical (unpaired) electrons. The topological polar surface area (TPSA) is 115 Å². The Kier molecular flexibility index (Phi) is 4.93. The first-order valence-corrected chi connectivity index (χ1v) is 7.75. The molecule has 2 aromatic heterocycles. The van der Waals surface area contributed by atoms with Gasteiger partial charge in [-0.15, -0.1) is 0 Å². The van der Waals surface area contributed by atoms with Crippen LogP contribution in [0.1, 0.15) is 0 Å². The fraction of sp³-hybridized carbons (Fsp3) is 0.250. The van der Waals surface area contributed by atoms with Crippen molar-refractivity contribution >= 4 is 28.5 Å². The van der Waals surface area contributed by atoms with Crippen molar-refractivity contribution < 1.29 is 4.74 Å². The second kappa shape index (κ2) is 7.47. The van der Waals surface area contributed by atoms with E-state index in [4.69, 9.17) is 10.5 Å². The summed E-state index contributed by atoms with van der Waals surface area (Å²) in [6, 6.07) is 7.48. The maximum absolute atomic E-state index is 5.90. The van der Waals surface area contributed by atoms with Crippen LogP contribution in [0.4, 0.5) is 11.5 Å². The average molecular weight is 340 g/mol. The van der Waals surface area contributed by atoms with E-state index in [9.17, 15) is 0 Å². The third-order valence-corrected chi connectivity index (χ3v) is 3.56. The van der Waals surface area contributed by atoms with Crippen molar-refractivity contribution in [2.24, 2.45) is 17.8 Å². The van der Waals surface area contributed by atoms with E-state index >= 15 is 0 Å². The first-order valence-electron chi connectivity index (χ1n) is 7.75. The highest BCUT2D eigenvalue weighted by atomic mass is 16.5. The van der Waals surface area contributed by atoms with Crippen molar-refractivity contribution in [3.8, 4) is 5.75 Å². The Balaban J connectivity index is 1.55. The van der Waals surface area contributed by atoms with Gasteiger partial charge in [0.15, 0.2) is 11.6 Å². The van der Waals surface area contributed by atoms with Gasteiger partial charge in [0, 0.05) is 25.3 Å². The van der Waals surface area contributed by atoms with Crippen LogP contribution in [-0.4, -0.2) is 45.9 Å². The summed E-state index contributed by atoms with van der Waals surface area (Å²) in [5.74, 6) is 1.82. The molecule has 1 aromatic carbocycles. The number of nitrogens with one attached hydrogen (secondary N) is 2. The van der Waals surface area contributed by atoms with E-state index in [-0.39, 0.29) is 0 Å². The number of nitrogens with zero attached hydrogens (tertiary/aromatic N) is 5. The lowest BCUT2D eigenvalue weighted by Crippen LogP contribution is -2.23. The van der Waals surface area contributed by atoms with E-state index < -0.39 is 0 Å². The first-order chi connectivity index (χ1) is 12.2. The van der Waals surface area contributed by atoms with E-state index in [2.05, 4.69) is 30.7 Å². The number of fused-ring (bicyclic) bond motifs is 1. The van der Waals surface area contributed by atoms with Crippen LogP contribution in [0.5, 0.6) is 5.75 Å². The predicted molar refractivity (Wildman–Crippen MR) is 97.9 cm³/mol. The molecule has 9 heteroatoms. The van der Waals surface area contributed by atoms with Gasteiger partial charge in [0.2, 0.25) is 0 Å². The van der Waals surface area contributed by atoms with Gasteiger partial charge in [0.1, 0.15) is 17.9 Å². The van der Waals surface area contributed by atoms with Crippen molar-refractivity contribution in [2.75, 3.05) is 30.8 Å². The molecule has 130 valence electrons. The molecule has 25 heavy (non-hydrogen) atoms. The zero-order valence-electron chi connectivity index (χ0n) is 14.1. The summed E-state index contributed by atoms with van der Waals surface area (Å²) in [5, 5.41) is 11.3. The molecule has 0 atom stereocenters. The fourth-order valence-corrected chi connectivity index (χ4v) is 2.34. The van der Waals surface area contributed by atoms with E-state index in [0.717, 1.165) is 28.3 Å². The average Bonchev–Trinajstić information content (AvgIpc) is 3.01. The molecule has 0 bridgehead atoms. The Labute approximate surface area is 144 Å². The molecule has 0 spiro atoms. The highest BCUT2D eigenvalue weighted by Gasteiger charge is 2.06. The van der Waals surface area contributed by atoms with Gasteiger partial charge < -0.3 is 21.1 Å². The molecule has 0 aliphatic carbocycles. The minimum atomic E-state index is 0.337. The smallest absolute Gasteiger partial charge is 0.193 e. The van der Waals surface area contributed by atoms with Crippen molar-refractivity contribution in [1.29, 1.82) is 0 Å². The summed E-state index contributed by atoms with van der Waals surface area (Å²) in [6.07, 6.45) is 3.24. The van der Waals surface area contributed by atoms with Crippen LogP contribution in [-0.2, 0) is 7.05 Å². The number of hydrogen-bond acceptors (Lipinski definition) is 6. The number of guanidine groups is 1. The number of ether oxygens (including phenoxy) is 1. The molecule has 0 unspecified atom stereocenters. The number of hydrogen-bond donors (Lipinski definition) is 3. The van der Waals surface area contributed by atoms with Crippen LogP contribution in [0, 0.1) is 0 Å². The van der Waals surface area contributed by atoms with Gasteiger partial charge in [-0.2, -0.15) is 5.10 Å². The molecule has 0 aliphatic heterocycles. The highest BCUT2D eigenvalue weighted by Crippen LogP contribution is 2.17. The maximum Gasteiger partial charge on any atom is 0.193 e. The number of anilines is 2. The van der Waals surface area contributed by atoms with Gasteiger partial charge in [-0.25, -0.2) is 9.97 Å². The Bertz CT molecular complexity index is 889. The van der Waals surface area contributed by atoms with Gasteiger partial charge in [0.05, 0.1) is 25.2 Å². The number of methoxy groups -OCH3 is 1. The van der Waals surface area contributed by atoms with Crippen LogP contribution in [0.15, 0.2) is 41.8 Å². The lowest BCUT2D eigenvalue weighted by Gasteiger charge is -2.08. The van der Waals surface area contributed by atoms with Crippen LogP contribution in [0.2, 0.25) is 0 Å². The Hall–Kier alpha value is -3.36. The SMILES string of the molecule is COc1cccc(NC(N)=NCCNc2ncnc3c2cnn3C)c1. The first kappa shape index (κ1) is 16.5. The largest absolute Gasteiger partial charge is 0.497 e. The molecule has 9 nitrogen and oxygen atoms in total. The molecule has 3 rings (SSSR count). The summed E-state index contributed by atoms with van der Waals surface area (Å²) in [6.45, 7) is 1.08. The number of aromatic nitrogens is 4. The minimum Gasteiger partial charge on any atom is -0.497 e. The molecule has 4 N–H and O–H groups in total. The van der Waals surface area contributed by atoms with Gasteiger partial charge in [-0.05, 0) is 12.1 Å². The Morgan fingerprint density at radius 2 is 2.24 bits per heavy atom. The van der Waals surface area contributed by atoms with Gasteiger partial charge in [-0.1, -0.05) is 6.07 Å². The van der Waals surface area contributed by atoms with Crippen molar-refractivity contribution in [1.82, 2.24) is 19.7 Å². The van der Waals surface area contributed by atoms with Gasteiger partial charge in [0.25, 0.3) is 0 Å². The summed E-state index contributed by atoms with van der Waals surface area (Å²) >= 11 is 0. The summed E-state index contributed by atoms with van der Waals surface area (Å²) in [7, 11) is 3.46. The molecule has 0 amide bonds. The van der Waals surface area contributed by atoms with E-state index in [1.54, 1.807) is 18.0 Å². The molecule has 0 aliphatic rings. The van der Waals surface area contributed by atoms with Crippen molar-refractivity contribution in [3.63, 3.8) is 0 Å². The Morgan fingerprint density at radius 1 is 1.36 bits per heavy atom. The third kappa shape index (κ3) is 3.94. The quantitative estimate of drug-likeness (QED) is 0.351. The molecule has 2 heterocycles. The van der Waals surface area contributed by atoms with Crippen LogP contribution in [0.3, 0.4) is 0 Å². The highest BCUT2D eigenvalue weighted by molar-refractivity contribution is 5.92. The molecular weight excluding hydrogens is 320 g/mol. The number of nitrogens with two attached hydrogens (primary N) is 1. The van der Waals surface area contributed by atoms with Crippen molar-refractivity contribution in [3.05, 3.63) is 36.8 Å². The molecule has 0 fully saturated rings. The van der Waals surface area contributed by atoms with E-state index in [0.29, 0.717) is 19.0 Å². The number of rotatable bonds is 6. The number of benzene rings is 1. The minimum absolute atomic E-state index is 0.337. The van der Waals surface area contributed by atoms with Crippen LogP contribution >= 0.6 is 0 Å². The Morgan fingerprint density at radius 3 is 3.08 bits per heavy atom. The summed E-state index contributed by atoms with van der Waals surface area (Å²) < 4.78 is 6.88. The van der Waals surface area contributed by atoms with E-state index in [1.165, 1.54) is 6.33 Å². The zero-order chi connectivity index (χ0) is 17.6. The van der Waals surface area contributed by atoms with E-state index in [1.807, 2.05) is 31.3 Å². The number of aryl methyl sites for hydroxylation is 1.